The molecule has 2 aromatic heterocycles. The van der Waals surface area contributed by atoms with Crippen molar-refractivity contribution in [2.24, 2.45) is 0 Å². The summed E-state index contributed by atoms with van der Waals surface area (Å²) in [6.45, 7) is 0. The summed E-state index contributed by atoms with van der Waals surface area (Å²) in [6, 6.07) is 12.4. The lowest BCUT2D eigenvalue weighted by Crippen LogP contribution is -1.86. The predicted molar refractivity (Wildman–Crippen MR) is 82.4 cm³/mol. The molecule has 19 heavy (non-hydrogen) atoms. The van der Waals surface area contributed by atoms with Gasteiger partial charge in [0.05, 0.1) is 5.52 Å². The van der Waals surface area contributed by atoms with Crippen molar-refractivity contribution in [3.63, 3.8) is 0 Å². The van der Waals surface area contributed by atoms with Gasteiger partial charge in [-0.15, -0.1) is 11.3 Å². The first-order valence-corrected chi connectivity index (χ1v) is 7.24. The molecular weight excluding hydrogens is 299 g/mol. The van der Waals surface area contributed by atoms with Crippen molar-refractivity contribution >= 4 is 65.6 Å². The summed E-state index contributed by atoms with van der Waals surface area (Å²) in [4.78, 5) is 8.23. The Morgan fingerprint density at radius 3 is 2.58 bits per heavy atom. The van der Waals surface area contributed by atoms with Crippen LogP contribution in [0.5, 0.6) is 0 Å². The van der Waals surface area contributed by atoms with Crippen molar-refractivity contribution in [2.45, 2.75) is 0 Å². The number of rotatable bonds is 0. The first-order valence-electron chi connectivity index (χ1n) is 5.66. The zero-order chi connectivity index (χ0) is 13.0. The first-order chi connectivity index (χ1) is 9.22. The zero-order valence-electron chi connectivity index (χ0n) is 9.52. The summed E-state index contributed by atoms with van der Waals surface area (Å²) < 4.78 is 2.43. The molecule has 0 atom stereocenters. The minimum absolute atomic E-state index is 0.179. The molecule has 0 spiro atoms. The molecule has 0 fully saturated rings. The largest absolute Gasteiger partial charge is 0.224 e. The van der Waals surface area contributed by atoms with Crippen LogP contribution < -0.4 is 0 Å². The Labute approximate surface area is 122 Å². The quantitative estimate of drug-likeness (QED) is 0.325. The fourth-order valence-electron chi connectivity index (χ4n) is 2.28. The molecule has 92 valence electrons. The van der Waals surface area contributed by atoms with E-state index in [0.717, 1.165) is 10.9 Å². The summed E-state index contributed by atoms with van der Waals surface area (Å²) in [5.74, 6) is 0. The van der Waals surface area contributed by atoms with E-state index in [-0.39, 0.29) is 5.28 Å². The third kappa shape index (κ3) is 1.70. The normalized spacial score (nSPS) is 11.7. The maximum absolute atomic E-state index is 6.15. The van der Waals surface area contributed by atoms with E-state index < -0.39 is 0 Å². The number of thiophene rings is 1. The lowest BCUT2D eigenvalue weighted by atomic mass is 10.1. The van der Waals surface area contributed by atoms with Crippen LogP contribution in [0.4, 0.5) is 0 Å². The highest BCUT2D eigenvalue weighted by atomic mass is 35.5. The number of hydrogen-bond acceptors (Lipinski definition) is 3. The number of aromatic nitrogens is 2. The minimum atomic E-state index is 0.179. The molecule has 2 aromatic carbocycles. The van der Waals surface area contributed by atoms with Gasteiger partial charge in [0.25, 0.3) is 0 Å². The molecule has 0 radical (unpaired) electrons. The van der Waals surface area contributed by atoms with E-state index >= 15 is 0 Å². The standard InChI is InChI=1S/C14H6Cl2N2S/c15-13-9-5-8-7-3-1-2-4-11(7)19-12(8)6-10(9)17-14(16)18-13/h1-6H. The lowest BCUT2D eigenvalue weighted by molar-refractivity contribution is 1.22. The molecule has 0 saturated carbocycles. The molecule has 4 rings (SSSR count). The molecule has 0 amide bonds. The average Bonchev–Trinajstić information content (AvgIpc) is 2.74. The fraction of sp³-hybridized carbons (Fsp3) is 0. The Bertz CT molecular complexity index is 946. The number of fused-ring (bicyclic) bond motifs is 4. The Morgan fingerprint density at radius 2 is 1.68 bits per heavy atom. The van der Waals surface area contributed by atoms with Gasteiger partial charge in [0, 0.05) is 25.6 Å². The molecule has 2 heterocycles. The monoisotopic (exact) mass is 304 g/mol. The fourth-order valence-corrected chi connectivity index (χ4v) is 3.86. The van der Waals surface area contributed by atoms with Crippen LogP contribution in [0.25, 0.3) is 31.1 Å². The second-order valence-electron chi connectivity index (χ2n) is 4.25. The van der Waals surface area contributed by atoms with E-state index in [1.165, 1.54) is 20.2 Å². The molecule has 0 unspecified atom stereocenters. The molecule has 0 aliphatic rings. The molecule has 4 aromatic rings. The third-order valence-corrected chi connectivity index (χ3v) is 4.71. The zero-order valence-corrected chi connectivity index (χ0v) is 11.9. The Morgan fingerprint density at radius 1 is 0.842 bits per heavy atom. The average molecular weight is 305 g/mol. The van der Waals surface area contributed by atoms with Gasteiger partial charge in [0.15, 0.2) is 0 Å². The van der Waals surface area contributed by atoms with Gasteiger partial charge >= 0.3 is 0 Å². The molecule has 0 N–H and O–H groups in total. The highest BCUT2D eigenvalue weighted by Crippen LogP contribution is 2.37. The molecule has 0 bridgehead atoms. The van der Waals surface area contributed by atoms with Crippen molar-refractivity contribution in [3.05, 3.63) is 46.8 Å². The van der Waals surface area contributed by atoms with Crippen molar-refractivity contribution in [1.82, 2.24) is 9.97 Å². The summed E-state index contributed by atoms with van der Waals surface area (Å²) in [5, 5.41) is 3.82. The van der Waals surface area contributed by atoms with E-state index in [0.29, 0.717) is 5.15 Å². The van der Waals surface area contributed by atoms with Gasteiger partial charge in [0.1, 0.15) is 5.15 Å². The van der Waals surface area contributed by atoms with Crippen molar-refractivity contribution in [1.29, 1.82) is 0 Å². The lowest BCUT2D eigenvalue weighted by Gasteiger charge is -2.00. The van der Waals surface area contributed by atoms with Crippen molar-refractivity contribution < 1.29 is 0 Å². The predicted octanol–water partition coefficient (Wildman–Crippen LogP) is 5.30. The summed E-state index contributed by atoms with van der Waals surface area (Å²) in [7, 11) is 0. The molecule has 2 nitrogen and oxygen atoms in total. The summed E-state index contributed by atoms with van der Waals surface area (Å²) >= 11 is 13.7. The number of halogens is 2. The van der Waals surface area contributed by atoms with Gasteiger partial charge in [-0.05, 0) is 29.8 Å². The minimum Gasteiger partial charge on any atom is -0.218 e. The van der Waals surface area contributed by atoms with Gasteiger partial charge < -0.3 is 0 Å². The van der Waals surface area contributed by atoms with Crippen LogP contribution in [0.3, 0.4) is 0 Å². The van der Waals surface area contributed by atoms with Gasteiger partial charge in [-0.3, -0.25) is 0 Å². The van der Waals surface area contributed by atoms with Gasteiger partial charge in [-0.25, -0.2) is 9.97 Å². The van der Waals surface area contributed by atoms with Gasteiger partial charge in [-0.1, -0.05) is 29.8 Å². The highest BCUT2D eigenvalue weighted by Gasteiger charge is 2.10. The maximum atomic E-state index is 6.15. The van der Waals surface area contributed by atoms with E-state index in [9.17, 15) is 0 Å². The van der Waals surface area contributed by atoms with Gasteiger partial charge in [0.2, 0.25) is 5.28 Å². The van der Waals surface area contributed by atoms with Crippen LogP contribution in [-0.4, -0.2) is 9.97 Å². The van der Waals surface area contributed by atoms with Crippen LogP contribution in [0.15, 0.2) is 36.4 Å². The highest BCUT2D eigenvalue weighted by molar-refractivity contribution is 7.25. The Kier molecular flexibility index (Phi) is 2.42. The second kappa shape index (κ2) is 4.04. The number of benzene rings is 2. The van der Waals surface area contributed by atoms with Crippen LogP contribution in [-0.2, 0) is 0 Å². The number of hydrogen-bond donors (Lipinski definition) is 0. The summed E-state index contributed by atoms with van der Waals surface area (Å²) in [6.07, 6.45) is 0. The molecule has 0 aliphatic heterocycles. The third-order valence-electron chi connectivity index (χ3n) is 3.12. The van der Waals surface area contributed by atoms with E-state index in [1.807, 2.05) is 24.3 Å². The van der Waals surface area contributed by atoms with E-state index in [2.05, 4.69) is 22.1 Å². The Hall–Kier alpha value is -1.42. The smallest absolute Gasteiger partial charge is 0.218 e. The van der Waals surface area contributed by atoms with Crippen molar-refractivity contribution in [2.75, 3.05) is 0 Å². The number of nitrogens with zero attached hydrogens (tertiary/aromatic N) is 2. The van der Waals surface area contributed by atoms with Crippen LogP contribution >= 0.6 is 34.5 Å². The SMILES string of the molecule is Clc1nc(Cl)c2cc3c(cc2n1)sc1ccccc13. The topological polar surface area (TPSA) is 25.8 Å². The molecular formula is C14H6Cl2N2S. The van der Waals surface area contributed by atoms with Gasteiger partial charge in [-0.2, -0.15) is 0 Å². The Balaban J connectivity index is 2.25. The van der Waals surface area contributed by atoms with Crippen LogP contribution in [0.2, 0.25) is 10.4 Å². The van der Waals surface area contributed by atoms with Crippen molar-refractivity contribution in [3.8, 4) is 0 Å². The molecule has 0 aliphatic carbocycles. The first kappa shape index (κ1) is 11.4. The summed E-state index contributed by atoms with van der Waals surface area (Å²) in [5.41, 5.74) is 0.782. The second-order valence-corrected chi connectivity index (χ2v) is 6.03. The van der Waals surface area contributed by atoms with Crippen LogP contribution in [0.1, 0.15) is 0 Å². The van der Waals surface area contributed by atoms with Crippen LogP contribution in [0, 0.1) is 0 Å². The maximum Gasteiger partial charge on any atom is 0.224 e. The van der Waals surface area contributed by atoms with E-state index in [4.69, 9.17) is 23.2 Å². The van der Waals surface area contributed by atoms with E-state index in [1.54, 1.807) is 11.3 Å². The molecule has 0 saturated heterocycles. The molecule has 5 heteroatoms.